The van der Waals surface area contributed by atoms with Crippen molar-refractivity contribution in [1.82, 2.24) is 0 Å². The number of hydrogen-bond donors (Lipinski definition) is 0. The zero-order valence-corrected chi connectivity index (χ0v) is 18.7. The van der Waals surface area contributed by atoms with Gasteiger partial charge in [-0.05, 0) is 36.7 Å². The molecule has 1 aromatic rings. The lowest BCUT2D eigenvalue weighted by Crippen LogP contribution is -2.46. The molecule has 6 heteroatoms. The highest BCUT2D eigenvalue weighted by Crippen LogP contribution is 2.40. The summed E-state index contributed by atoms with van der Waals surface area (Å²) in [7, 11) is -5.57. The lowest BCUT2D eigenvalue weighted by atomic mass is 10.1. The number of hydrogen-bond acceptors (Lipinski definition) is 4. The summed E-state index contributed by atoms with van der Waals surface area (Å²) in [5.74, 6) is 0.603. The normalized spacial score (nSPS) is 19.4. The highest BCUT2D eigenvalue weighted by molar-refractivity contribution is 7.95. The molecule has 0 spiro atoms. The molecule has 0 aliphatic carbocycles. The summed E-state index contributed by atoms with van der Waals surface area (Å²) in [5.41, 5.74) is 0. The van der Waals surface area contributed by atoms with Crippen LogP contribution in [0.15, 0.2) is 45.9 Å². The molecule has 26 heavy (non-hydrogen) atoms. The fraction of sp³-hybridized carbons (Fsp3) is 0.600. The third-order valence-corrected chi connectivity index (χ3v) is 11.8. The lowest BCUT2D eigenvalue weighted by Gasteiger charge is -2.40. The van der Waals surface area contributed by atoms with Crippen molar-refractivity contribution in [2.45, 2.75) is 76.1 Å². The van der Waals surface area contributed by atoms with Gasteiger partial charge in [0, 0.05) is 12.8 Å². The first-order valence-corrected chi connectivity index (χ1v) is 13.7. The number of benzene rings is 1. The Labute approximate surface area is 159 Å². The van der Waals surface area contributed by atoms with E-state index in [0.717, 1.165) is 6.42 Å². The molecule has 0 N–H and O–H groups in total. The van der Waals surface area contributed by atoms with Gasteiger partial charge in [-0.2, -0.15) is 0 Å². The molecule has 1 aromatic carbocycles. The number of allylic oxidation sites excluding steroid dienone is 1. The van der Waals surface area contributed by atoms with E-state index in [-0.39, 0.29) is 11.1 Å². The van der Waals surface area contributed by atoms with Crippen LogP contribution in [-0.4, -0.2) is 29.4 Å². The Balaban J connectivity index is 2.35. The Bertz CT molecular complexity index is 746. The predicted molar refractivity (Wildman–Crippen MR) is 108 cm³/mol. The van der Waals surface area contributed by atoms with E-state index < -0.39 is 18.2 Å². The van der Waals surface area contributed by atoms with Crippen LogP contribution in [0.5, 0.6) is 0 Å². The molecular weight excluding hydrogens is 364 g/mol. The third kappa shape index (κ3) is 4.59. The first kappa shape index (κ1) is 21.2. The molecule has 0 saturated carbocycles. The van der Waals surface area contributed by atoms with Crippen LogP contribution in [0.1, 0.15) is 47.0 Å². The van der Waals surface area contributed by atoms with Crippen molar-refractivity contribution in [3.8, 4) is 0 Å². The molecular formula is C20H32O4SSi. The molecule has 0 fully saturated rings. The number of sulfone groups is 1. The second kappa shape index (κ2) is 7.86. The van der Waals surface area contributed by atoms with Crippen molar-refractivity contribution in [2.24, 2.45) is 0 Å². The van der Waals surface area contributed by atoms with Gasteiger partial charge in [-0.25, -0.2) is 8.42 Å². The van der Waals surface area contributed by atoms with E-state index in [1.165, 1.54) is 0 Å². The summed E-state index contributed by atoms with van der Waals surface area (Å²) < 4.78 is 38.8. The monoisotopic (exact) mass is 396 g/mol. The fourth-order valence-corrected chi connectivity index (χ4v) is 5.77. The maximum absolute atomic E-state index is 13.2. The van der Waals surface area contributed by atoms with Crippen LogP contribution in [0.4, 0.5) is 0 Å². The van der Waals surface area contributed by atoms with Crippen molar-refractivity contribution in [2.75, 3.05) is 6.61 Å². The average molecular weight is 397 g/mol. The fourth-order valence-electron chi connectivity index (χ4n) is 2.76. The van der Waals surface area contributed by atoms with E-state index in [1.807, 2.05) is 13.0 Å². The van der Waals surface area contributed by atoms with Crippen molar-refractivity contribution >= 4 is 18.2 Å². The van der Waals surface area contributed by atoms with Crippen molar-refractivity contribution in [3.63, 3.8) is 0 Å². The SMILES string of the molecule is CCCC1=C(S(=O)(=O)c2ccccc2)C[C@@H](O[Si](C)(C)C(C)(C)C)CO1. The van der Waals surface area contributed by atoms with Crippen LogP contribution in [0.3, 0.4) is 0 Å². The molecule has 1 heterocycles. The van der Waals surface area contributed by atoms with Crippen LogP contribution in [0.2, 0.25) is 18.1 Å². The largest absolute Gasteiger partial charge is 0.494 e. The molecule has 0 radical (unpaired) electrons. The van der Waals surface area contributed by atoms with Crippen molar-refractivity contribution in [1.29, 1.82) is 0 Å². The molecule has 0 amide bonds. The summed E-state index contributed by atoms with van der Waals surface area (Å²) in [6, 6.07) is 8.61. The van der Waals surface area contributed by atoms with Gasteiger partial charge in [0.1, 0.15) is 12.4 Å². The minimum Gasteiger partial charge on any atom is -0.494 e. The third-order valence-electron chi connectivity index (χ3n) is 5.29. The molecule has 0 unspecified atom stereocenters. The summed E-state index contributed by atoms with van der Waals surface area (Å²) in [6.07, 6.45) is 1.65. The topological polar surface area (TPSA) is 52.6 Å². The van der Waals surface area contributed by atoms with Crippen LogP contribution in [0, 0.1) is 0 Å². The van der Waals surface area contributed by atoms with E-state index in [9.17, 15) is 8.42 Å². The molecule has 2 rings (SSSR count). The van der Waals surface area contributed by atoms with E-state index >= 15 is 0 Å². The standard InChI is InChI=1S/C20H32O4SSi/c1-7-11-18-19(25(21,22)17-12-9-8-10-13-17)14-16(15-23-18)24-26(5,6)20(2,3)4/h8-10,12-13,16H,7,11,14-15H2,1-6H3/t16-/m1/s1. The zero-order chi connectivity index (χ0) is 19.6. The van der Waals surface area contributed by atoms with E-state index in [2.05, 4.69) is 33.9 Å². The zero-order valence-electron chi connectivity index (χ0n) is 16.8. The quantitative estimate of drug-likeness (QED) is 0.614. The maximum atomic E-state index is 13.2. The maximum Gasteiger partial charge on any atom is 0.206 e. The van der Waals surface area contributed by atoms with Gasteiger partial charge < -0.3 is 9.16 Å². The Morgan fingerprint density at radius 3 is 2.35 bits per heavy atom. The van der Waals surface area contributed by atoms with E-state index in [1.54, 1.807) is 24.3 Å². The first-order chi connectivity index (χ1) is 12.0. The van der Waals surface area contributed by atoms with Crippen LogP contribution < -0.4 is 0 Å². The van der Waals surface area contributed by atoms with Gasteiger partial charge in [0.2, 0.25) is 9.84 Å². The van der Waals surface area contributed by atoms with Crippen LogP contribution >= 0.6 is 0 Å². The van der Waals surface area contributed by atoms with Gasteiger partial charge in [-0.1, -0.05) is 45.9 Å². The van der Waals surface area contributed by atoms with Gasteiger partial charge in [-0.15, -0.1) is 0 Å². The van der Waals surface area contributed by atoms with E-state index in [0.29, 0.717) is 35.0 Å². The smallest absolute Gasteiger partial charge is 0.206 e. The first-order valence-electron chi connectivity index (χ1n) is 9.32. The second-order valence-corrected chi connectivity index (χ2v) is 15.2. The Morgan fingerprint density at radius 2 is 1.81 bits per heavy atom. The highest BCUT2D eigenvalue weighted by atomic mass is 32.2. The number of ether oxygens (including phenoxy) is 1. The highest BCUT2D eigenvalue weighted by Gasteiger charge is 2.41. The minimum atomic E-state index is -3.57. The van der Waals surface area contributed by atoms with Gasteiger partial charge >= 0.3 is 0 Å². The second-order valence-electron chi connectivity index (χ2n) is 8.43. The van der Waals surface area contributed by atoms with Crippen molar-refractivity contribution < 1.29 is 17.6 Å². The number of rotatable bonds is 6. The van der Waals surface area contributed by atoms with Crippen LogP contribution in [0.25, 0.3) is 0 Å². The Kier molecular flexibility index (Phi) is 6.41. The Hall–Kier alpha value is -1.11. The van der Waals surface area contributed by atoms with Gasteiger partial charge in [0.05, 0.1) is 15.9 Å². The average Bonchev–Trinajstić information content (AvgIpc) is 2.56. The van der Waals surface area contributed by atoms with Gasteiger partial charge in [-0.3, -0.25) is 0 Å². The summed E-state index contributed by atoms with van der Waals surface area (Å²) in [6.45, 7) is 13.4. The van der Waals surface area contributed by atoms with Gasteiger partial charge in [0.15, 0.2) is 8.32 Å². The lowest BCUT2D eigenvalue weighted by molar-refractivity contribution is 0.0592. The molecule has 0 saturated heterocycles. The van der Waals surface area contributed by atoms with Gasteiger partial charge in [0.25, 0.3) is 0 Å². The molecule has 146 valence electrons. The summed E-state index contributed by atoms with van der Waals surface area (Å²) >= 11 is 0. The predicted octanol–water partition coefficient (Wildman–Crippen LogP) is 5.28. The summed E-state index contributed by atoms with van der Waals surface area (Å²) in [4.78, 5) is 0.709. The molecule has 4 nitrogen and oxygen atoms in total. The van der Waals surface area contributed by atoms with E-state index in [4.69, 9.17) is 9.16 Å². The van der Waals surface area contributed by atoms with Crippen LogP contribution in [-0.2, 0) is 19.0 Å². The molecule has 1 aliphatic heterocycles. The minimum absolute atomic E-state index is 0.0683. The van der Waals surface area contributed by atoms with Crippen molar-refractivity contribution in [3.05, 3.63) is 41.0 Å². The summed E-state index contributed by atoms with van der Waals surface area (Å²) in [5, 5.41) is 0.0683. The molecule has 1 atom stereocenters. The molecule has 0 bridgehead atoms. The molecule has 1 aliphatic rings. The molecule has 0 aromatic heterocycles. The Morgan fingerprint density at radius 1 is 1.19 bits per heavy atom.